The third kappa shape index (κ3) is 2.70. The third-order valence-electron chi connectivity index (χ3n) is 3.98. The van der Waals surface area contributed by atoms with Gasteiger partial charge < -0.3 is 4.52 Å². The summed E-state index contributed by atoms with van der Waals surface area (Å²) < 4.78 is 7.15. The van der Waals surface area contributed by atoms with E-state index >= 15 is 0 Å². The van der Waals surface area contributed by atoms with Gasteiger partial charge >= 0.3 is 0 Å². The van der Waals surface area contributed by atoms with Crippen LogP contribution in [0.3, 0.4) is 0 Å². The molecule has 0 saturated carbocycles. The number of benzene rings is 2. The van der Waals surface area contributed by atoms with E-state index in [1.165, 1.54) is 0 Å². The summed E-state index contributed by atoms with van der Waals surface area (Å²) in [6.45, 7) is 3.94. The maximum atomic E-state index is 6.19. The minimum Gasteiger partial charge on any atom is -0.332 e. The van der Waals surface area contributed by atoms with Crippen LogP contribution in [0, 0.1) is 13.8 Å². The van der Waals surface area contributed by atoms with Gasteiger partial charge in [0.2, 0.25) is 5.82 Å². The third-order valence-corrected chi connectivity index (χ3v) is 4.31. The van der Waals surface area contributed by atoms with Gasteiger partial charge in [-0.3, -0.25) is 0 Å². The lowest BCUT2D eigenvalue weighted by molar-refractivity contribution is 0.430. The smallest absolute Gasteiger partial charge is 0.280 e. The predicted molar refractivity (Wildman–Crippen MR) is 94.6 cm³/mol. The van der Waals surface area contributed by atoms with Crippen LogP contribution in [0.25, 0.3) is 28.7 Å². The van der Waals surface area contributed by atoms with Crippen LogP contribution in [0.1, 0.15) is 11.3 Å². The van der Waals surface area contributed by atoms with Crippen LogP contribution in [-0.4, -0.2) is 25.1 Å². The molecule has 4 aromatic rings. The zero-order valence-corrected chi connectivity index (χ0v) is 14.4. The Hall–Kier alpha value is -2.99. The van der Waals surface area contributed by atoms with Crippen LogP contribution < -0.4 is 0 Å². The second-order valence-corrected chi connectivity index (χ2v) is 6.03. The van der Waals surface area contributed by atoms with Crippen molar-refractivity contribution in [1.82, 2.24) is 25.1 Å². The van der Waals surface area contributed by atoms with Gasteiger partial charge in [0.25, 0.3) is 5.89 Å². The summed E-state index contributed by atoms with van der Waals surface area (Å²) in [7, 11) is 0. The molecule has 0 unspecified atom stereocenters. The molecular weight excluding hydrogens is 338 g/mol. The number of hydrogen-bond donors (Lipinski definition) is 0. The van der Waals surface area contributed by atoms with E-state index in [2.05, 4.69) is 20.5 Å². The van der Waals surface area contributed by atoms with Crippen LogP contribution >= 0.6 is 11.6 Å². The van der Waals surface area contributed by atoms with Crippen LogP contribution in [0.4, 0.5) is 0 Å². The fraction of sp³-hybridized carbons (Fsp3) is 0.111. The van der Waals surface area contributed by atoms with Crippen molar-refractivity contribution in [1.29, 1.82) is 0 Å². The molecule has 124 valence electrons. The topological polar surface area (TPSA) is 69.6 Å². The number of hydrogen-bond acceptors (Lipinski definition) is 5. The van der Waals surface area contributed by atoms with E-state index in [0.717, 1.165) is 16.9 Å². The molecule has 6 nitrogen and oxygen atoms in total. The molecule has 7 heteroatoms. The van der Waals surface area contributed by atoms with Crippen molar-refractivity contribution in [2.75, 3.05) is 0 Å². The van der Waals surface area contributed by atoms with Gasteiger partial charge in [0.1, 0.15) is 0 Å². The Balaban J connectivity index is 1.75. The van der Waals surface area contributed by atoms with E-state index in [1.54, 1.807) is 10.7 Å². The normalized spacial score (nSPS) is 11.0. The molecule has 0 aliphatic rings. The Morgan fingerprint density at radius 1 is 1.00 bits per heavy atom. The van der Waals surface area contributed by atoms with Gasteiger partial charge in [-0.2, -0.15) is 4.98 Å². The van der Waals surface area contributed by atoms with Gasteiger partial charge in [-0.25, -0.2) is 4.68 Å². The molecule has 0 aliphatic heterocycles. The van der Waals surface area contributed by atoms with Gasteiger partial charge in [-0.15, -0.1) is 5.10 Å². The summed E-state index contributed by atoms with van der Waals surface area (Å²) in [5.41, 5.74) is 4.15. The highest BCUT2D eigenvalue weighted by Gasteiger charge is 2.20. The van der Waals surface area contributed by atoms with E-state index in [4.69, 9.17) is 16.1 Å². The highest BCUT2D eigenvalue weighted by atomic mass is 35.5. The molecule has 0 amide bonds. The molecule has 2 aromatic heterocycles. The average Bonchev–Trinajstić information content (AvgIpc) is 3.23. The molecule has 0 bridgehead atoms. The monoisotopic (exact) mass is 351 g/mol. The molecule has 0 atom stereocenters. The summed E-state index contributed by atoms with van der Waals surface area (Å²) >= 11 is 6.19. The zero-order chi connectivity index (χ0) is 17.4. The summed E-state index contributed by atoms with van der Waals surface area (Å²) in [6, 6.07) is 15.3. The van der Waals surface area contributed by atoms with Crippen molar-refractivity contribution in [3.8, 4) is 28.7 Å². The molecule has 2 heterocycles. The summed E-state index contributed by atoms with van der Waals surface area (Å²) in [6.07, 6.45) is 0. The molecule has 0 saturated heterocycles. The van der Waals surface area contributed by atoms with E-state index in [0.29, 0.717) is 28.0 Å². The molecule has 2 aromatic carbocycles. The van der Waals surface area contributed by atoms with Crippen LogP contribution in [0.15, 0.2) is 53.1 Å². The average molecular weight is 352 g/mol. The lowest BCUT2D eigenvalue weighted by atomic mass is 10.2. The van der Waals surface area contributed by atoms with Crippen molar-refractivity contribution < 1.29 is 4.52 Å². The van der Waals surface area contributed by atoms with Crippen molar-refractivity contribution in [2.24, 2.45) is 0 Å². The second-order valence-electron chi connectivity index (χ2n) is 5.62. The first kappa shape index (κ1) is 15.5. The fourth-order valence-corrected chi connectivity index (χ4v) is 2.85. The highest BCUT2D eigenvalue weighted by molar-refractivity contribution is 6.33. The van der Waals surface area contributed by atoms with Gasteiger partial charge in [-0.1, -0.05) is 52.3 Å². The van der Waals surface area contributed by atoms with Gasteiger partial charge in [0.05, 0.1) is 16.4 Å². The molecule has 25 heavy (non-hydrogen) atoms. The van der Waals surface area contributed by atoms with Crippen molar-refractivity contribution >= 4 is 11.6 Å². The molecule has 4 rings (SSSR count). The summed E-state index contributed by atoms with van der Waals surface area (Å²) in [4.78, 5) is 4.42. The standard InChI is InChI=1S/C18H14ClN5O/c1-11-7-3-6-10-15(11)24-12(2)16(21-23-24)18-20-17(22-25-18)13-8-4-5-9-14(13)19/h3-10H,1-2H3. The van der Waals surface area contributed by atoms with Gasteiger partial charge in [0.15, 0.2) is 5.69 Å². The maximum Gasteiger partial charge on any atom is 0.280 e. The Morgan fingerprint density at radius 2 is 1.76 bits per heavy atom. The summed E-state index contributed by atoms with van der Waals surface area (Å²) in [5, 5.41) is 13.0. The molecule has 0 N–H and O–H groups in total. The molecule has 0 radical (unpaired) electrons. The number of aryl methyl sites for hydroxylation is 1. The first-order valence-electron chi connectivity index (χ1n) is 7.72. The van der Waals surface area contributed by atoms with E-state index in [1.807, 2.05) is 56.3 Å². The van der Waals surface area contributed by atoms with Crippen LogP contribution in [0.2, 0.25) is 5.02 Å². The first-order valence-corrected chi connectivity index (χ1v) is 8.10. The number of nitrogens with zero attached hydrogens (tertiary/aromatic N) is 5. The molecular formula is C18H14ClN5O. The number of para-hydroxylation sites is 1. The van der Waals surface area contributed by atoms with Crippen LogP contribution in [-0.2, 0) is 0 Å². The number of rotatable bonds is 3. The van der Waals surface area contributed by atoms with Crippen molar-refractivity contribution in [3.63, 3.8) is 0 Å². The van der Waals surface area contributed by atoms with Crippen LogP contribution in [0.5, 0.6) is 0 Å². The Bertz CT molecular complexity index is 1050. The van der Waals surface area contributed by atoms with Gasteiger partial charge in [-0.05, 0) is 37.6 Å². The minimum atomic E-state index is 0.312. The lowest BCUT2D eigenvalue weighted by Crippen LogP contribution is -2.01. The summed E-state index contributed by atoms with van der Waals surface area (Å²) in [5.74, 6) is 0.734. The van der Waals surface area contributed by atoms with E-state index in [9.17, 15) is 0 Å². The molecule has 0 aliphatic carbocycles. The fourth-order valence-electron chi connectivity index (χ4n) is 2.63. The predicted octanol–water partition coefficient (Wildman–Crippen LogP) is 4.25. The number of aromatic nitrogens is 5. The largest absolute Gasteiger partial charge is 0.332 e. The highest BCUT2D eigenvalue weighted by Crippen LogP contribution is 2.28. The van der Waals surface area contributed by atoms with E-state index in [-0.39, 0.29) is 0 Å². The van der Waals surface area contributed by atoms with Crippen molar-refractivity contribution in [2.45, 2.75) is 13.8 Å². The lowest BCUT2D eigenvalue weighted by Gasteiger charge is -2.06. The Labute approximate surface area is 149 Å². The molecule has 0 spiro atoms. The maximum absolute atomic E-state index is 6.19. The van der Waals surface area contributed by atoms with Gasteiger partial charge in [0, 0.05) is 5.56 Å². The zero-order valence-electron chi connectivity index (χ0n) is 13.6. The first-order chi connectivity index (χ1) is 12.1. The SMILES string of the molecule is Cc1ccccc1-n1nnc(-c2nc(-c3ccccc3Cl)no2)c1C. The molecule has 0 fully saturated rings. The second kappa shape index (κ2) is 6.14. The minimum absolute atomic E-state index is 0.312. The number of halogens is 1. The quantitative estimate of drug-likeness (QED) is 0.551. The van der Waals surface area contributed by atoms with Crippen molar-refractivity contribution in [3.05, 3.63) is 64.8 Å². The Kier molecular flexibility index (Phi) is 3.82. The van der Waals surface area contributed by atoms with E-state index < -0.39 is 0 Å². The Morgan fingerprint density at radius 3 is 2.56 bits per heavy atom.